The molecule has 0 saturated carbocycles. The number of carbonyl (C=O) groups excluding carboxylic acids is 1. The summed E-state index contributed by atoms with van der Waals surface area (Å²) in [5, 5.41) is 3.27. The Bertz CT molecular complexity index is 591. The summed E-state index contributed by atoms with van der Waals surface area (Å²) in [7, 11) is 0. The molecule has 2 rings (SSSR count). The molecule has 1 aromatic carbocycles. The summed E-state index contributed by atoms with van der Waals surface area (Å²) in [6.07, 6.45) is 1.53. The molecular formula is C14H15Cl2N3O2. The van der Waals surface area contributed by atoms with Crippen LogP contribution in [0.1, 0.15) is 10.5 Å². The van der Waals surface area contributed by atoms with Crippen LogP contribution in [0.3, 0.4) is 0 Å². The van der Waals surface area contributed by atoms with E-state index in [9.17, 15) is 4.79 Å². The molecule has 1 heterocycles. The van der Waals surface area contributed by atoms with E-state index in [4.69, 9.17) is 22.1 Å². The van der Waals surface area contributed by atoms with Crippen molar-refractivity contribution in [1.29, 1.82) is 0 Å². The van der Waals surface area contributed by atoms with Crippen molar-refractivity contribution in [1.82, 2.24) is 10.3 Å². The number of nitrogens with two attached hydrogens (primary N) is 1. The van der Waals surface area contributed by atoms with Crippen LogP contribution in [0.4, 0.5) is 0 Å². The monoisotopic (exact) mass is 327 g/mol. The first-order chi connectivity index (χ1) is 9.70. The van der Waals surface area contributed by atoms with Crippen molar-refractivity contribution in [3.05, 3.63) is 53.3 Å². The van der Waals surface area contributed by atoms with Gasteiger partial charge in [-0.05, 0) is 36.4 Å². The average molecular weight is 328 g/mol. The van der Waals surface area contributed by atoms with Crippen molar-refractivity contribution in [3.8, 4) is 11.5 Å². The minimum absolute atomic E-state index is 0. The first kappa shape index (κ1) is 17.2. The van der Waals surface area contributed by atoms with E-state index in [-0.39, 0.29) is 24.0 Å². The average Bonchev–Trinajstić information content (AvgIpc) is 2.48. The van der Waals surface area contributed by atoms with E-state index in [0.29, 0.717) is 29.6 Å². The number of nitrogens with zero attached hydrogens (tertiary/aromatic N) is 1. The molecule has 3 N–H and O–H groups in total. The summed E-state index contributed by atoms with van der Waals surface area (Å²) in [6, 6.07) is 10.2. The van der Waals surface area contributed by atoms with Crippen LogP contribution in [0.25, 0.3) is 0 Å². The van der Waals surface area contributed by atoms with Crippen LogP contribution >= 0.6 is 24.0 Å². The lowest BCUT2D eigenvalue weighted by Gasteiger charge is -2.10. The van der Waals surface area contributed by atoms with Gasteiger partial charge in [0.2, 0.25) is 0 Å². The summed E-state index contributed by atoms with van der Waals surface area (Å²) in [5.41, 5.74) is 5.57. The molecule has 1 aromatic heterocycles. The Morgan fingerprint density at radius 3 is 2.67 bits per heavy atom. The van der Waals surface area contributed by atoms with Gasteiger partial charge in [0.25, 0.3) is 5.91 Å². The summed E-state index contributed by atoms with van der Waals surface area (Å²) in [5.74, 6) is 0.639. The SMILES string of the molecule is Cl.NCCNC(=O)c1ncccc1Oc1ccc(Cl)cc1. The van der Waals surface area contributed by atoms with Crippen molar-refractivity contribution in [3.63, 3.8) is 0 Å². The van der Waals surface area contributed by atoms with E-state index in [1.165, 1.54) is 6.20 Å². The zero-order chi connectivity index (χ0) is 14.4. The van der Waals surface area contributed by atoms with E-state index in [1.54, 1.807) is 36.4 Å². The molecule has 0 unspecified atom stereocenters. The van der Waals surface area contributed by atoms with E-state index in [0.717, 1.165) is 0 Å². The molecule has 0 spiro atoms. The van der Waals surface area contributed by atoms with Crippen LogP contribution in [-0.4, -0.2) is 24.0 Å². The first-order valence-corrected chi connectivity index (χ1v) is 6.45. The zero-order valence-electron chi connectivity index (χ0n) is 11.1. The predicted molar refractivity (Wildman–Crippen MR) is 84.4 cm³/mol. The molecule has 112 valence electrons. The fourth-order valence-corrected chi connectivity index (χ4v) is 1.67. The number of nitrogens with one attached hydrogen (secondary N) is 1. The minimum atomic E-state index is -0.319. The number of halogens is 2. The van der Waals surface area contributed by atoms with E-state index in [2.05, 4.69) is 10.3 Å². The molecule has 5 nitrogen and oxygen atoms in total. The summed E-state index contributed by atoms with van der Waals surface area (Å²) < 4.78 is 5.65. The molecule has 7 heteroatoms. The highest BCUT2D eigenvalue weighted by Crippen LogP contribution is 2.25. The van der Waals surface area contributed by atoms with E-state index in [1.807, 2.05) is 0 Å². The number of rotatable bonds is 5. The normalized spacial score (nSPS) is 9.62. The molecular weight excluding hydrogens is 313 g/mol. The van der Waals surface area contributed by atoms with Gasteiger partial charge in [-0.25, -0.2) is 4.98 Å². The lowest BCUT2D eigenvalue weighted by molar-refractivity contribution is 0.0947. The van der Waals surface area contributed by atoms with Crippen LogP contribution in [0.5, 0.6) is 11.5 Å². The molecule has 21 heavy (non-hydrogen) atoms. The molecule has 0 aliphatic rings. The number of aromatic nitrogens is 1. The number of amides is 1. The molecule has 0 radical (unpaired) electrons. The molecule has 2 aromatic rings. The van der Waals surface area contributed by atoms with Gasteiger partial charge in [-0.15, -0.1) is 12.4 Å². The fraction of sp³-hybridized carbons (Fsp3) is 0.143. The van der Waals surface area contributed by atoms with Crippen molar-refractivity contribution in [2.75, 3.05) is 13.1 Å². The Morgan fingerprint density at radius 2 is 2.00 bits per heavy atom. The van der Waals surface area contributed by atoms with Gasteiger partial charge in [-0.2, -0.15) is 0 Å². The van der Waals surface area contributed by atoms with E-state index >= 15 is 0 Å². The molecule has 1 amide bonds. The Labute approximate surface area is 133 Å². The predicted octanol–water partition coefficient (Wildman–Crippen LogP) is 2.64. The summed E-state index contributed by atoms with van der Waals surface area (Å²) in [6.45, 7) is 0.752. The minimum Gasteiger partial charge on any atom is -0.455 e. The fourth-order valence-electron chi connectivity index (χ4n) is 1.54. The lowest BCUT2D eigenvalue weighted by atomic mass is 10.3. The Kier molecular flexibility index (Phi) is 6.94. The topological polar surface area (TPSA) is 77.2 Å². The van der Waals surface area contributed by atoms with Gasteiger partial charge >= 0.3 is 0 Å². The van der Waals surface area contributed by atoms with Gasteiger partial charge in [0.15, 0.2) is 11.4 Å². The maximum absolute atomic E-state index is 11.9. The number of hydrogen-bond acceptors (Lipinski definition) is 4. The Morgan fingerprint density at radius 1 is 1.29 bits per heavy atom. The van der Waals surface area contributed by atoms with Crippen molar-refractivity contribution >= 4 is 29.9 Å². The highest BCUT2D eigenvalue weighted by atomic mass is 35.5. The van der Waals surface area contributed by atoms with Gasteiger partial charge < -0.3 is 15.8 Å². The summed E-state index contributed by atoms with van der Waals surface area (Å²) >= 11 is 5.81. The van der Waals surface area contributed by atoms with Gasteiger partial charge in [-0.1, -0.05) is 11.6 Å². The number of ether oxygens (including phenoxy) is 1. The van der Waals surface area contributed by atoms with Crippen molar-refractivity contribution < 1.29 is 9.53 Å². The van der Waals surface area contributed by atoms with Crippen LogP contribution in [0.2, 0.25) is 5.02 Å². The third-order valence-corrected chi connectivity index (χ3v) is 2.71. The van der Waals surface area contributed by atoms with Gasteiger partial charge in [0.1, 0.15) is 5.75 Å². The van der Waals surface area contributed by atoms with Crippen LogP contribution in [-0.2, 0) is 0 Å². The molecule has 0 saturated heterocycles. The van der Waals surface area contributed by atoms with Crippen LogP contribution in [0.15, 0.2) is 42.6 Å². The van der Waals surface area contributed by atoms with Gasteiger partial charge in [0.05, 0.1) is 0 Å². The standard InChI is InChI=1S/C14H14ClN3O2.ClH/c15-10-3-5-11(6-4-10)20-12-2-1-8-17-13(12)14(19)18-9-7-16;/h1-6,8H,7,9,16H2,(H,18,19);1H. The zero-order valence-corrected chi connectivity index (χ0v) is 12.7. The molecule has 0 bridgehead atoms. The molecule has 0 atom stereocenters. The van der Waals surface area contributed by atoms with Crippen LogP contribution in [0, 0.1) is 0 Å². The molecule has 0 aliphatic carbocycles. The Hall–Kier alpha value is -1.82. The second-order valence-electron chi connectivity index (χ2n) is 3.95. The third kappa shape index (κ3) is 4.90. The van der Waals surface area contributed by atoms with E-state index < -0.39 is 0 Å². The van der Waals surface area contributed by atoms with Gasteiger partial charge in [0, 0.05) is 24.3 Å². The lowest BCUT2D eigenvalue weighted by Crippen LogP contribution is -2.29. The highest BCUT2D eigenvalue weighted by molar-refractivity contribution is 6.30. The number of benzene rings is 1. The van der Waals surface area contributed by atoms with Crippen LogP contribution < -0.4 is 15.8 Å². The maximum Gasteiger partial charge on any atom is 0.273 e. The summed E-state index contributed by atoms with van der Waals surface area (Å²) in [4.78, 5) is 16.0. The van der Waals surface area contributed by atoms with Crippen molar-refractivity contribution in [2.45, 2.75) is 0 Å². The quantitative estimate of drug-likeness (QED) is 0.884. The molecule has 0 aliphatic heterocycles. The maximum atomic E-state index is 11.9. The largest absolute Gasteiger partial charge is 0.455 e. The second kappa shape index (κ2) is 8.46. The van der Waals surface area contributed by atoms with Crippen molar-refractivity contribution in [2.24, 2.45) is 5.73 Å². The Balaban J connectivity index is 0.00000220. The highest BCUT2D eigenvalue weighted by Gasteiger charge is 2.13. The number of hydrogen-bond donors (Lipinski definition) is 2. The number of carbonyl (C=O) groups is 1. The third-order valence-electron chi connectivity index (χ3n) is 2.46. The molecule has 0 fully saturated rings. The van der Waals surface area contributed by atoms with Gasteiger partial charge in [-0.3, -0.25) is 4.79 Å². The number of pyridine rings is 1. The first-order valence-electron chi connectivity index (χ1n) is 6.07. The smallest absolute Gasteiger partial charge is 0.273 e. The second-order valence-corrected chi connectivity index (χ2v) is 4.39.